The Morgan fingerprint density at radius 3 is 2.51 bits per heavy atom. The Balaban J connectivity index is 1.22. The highest BCUT2D eigenvalue weighted by molar-refractivity contribution is 5.96. The molecular weight excluding hydrogens is 444 g/mol. The molecule has 0 fully saturated rings. The van der Waals surface area contributed by atoms with E-state index in [1.165, 1.54) is 5.56 Å². The number of ether oxygens (including phenoxy) is 2. The molecule has 0 atom stereocenters. The molecule has 0 saturated heterocycles. The summed E-state index contributed by atoms with van der Waals surface area (Å²) in [4.78, 5) is 31.4. The molecule has 4 aromatic rings. The smallest absolute Gasteiger partial charge is 0.276 e. The molecule has 0 saturated carbocycles. The lowest BCUT2D eigenvalue weighted by molar-refractivity contribution is -0.123. The number of nitrogens with zero attached hydrogens (tertiary/aromatic N) is 2. The van der Waals surface area contributed by atoms with E-state index in [0.717, 1.165) is 41.1 Å². The van der Waals surface area contributed by atoms with Crippen molar-refractivity contribution in [1.82, 2.24) is 15.8 Å². The molecule has 3 aromatic carbocycles. The molecule has 2 amide bonds. The zero-order chi connectivity index (χ0) is 24.2. The van der Waals surface area contributed by atoms with Gasteiger partial charge in [0.15, 0.2) is 6.61 Å². The summed E-state index contributed by atoms with van der Waals surface area (Å²) >= 11 is 0. The number of carbonyl (C=O) groups is 2. The Morgan fingerprint density at radius 1 is 0.943 bits per heavy atom. The SMILES string of the molecule is COc1ccc2cc3c(nc2c1)N(c1ccc(C(=O)NNC(=O)COc2ccccc2)cc1)CC3. The number of aromatic nitrogens is 1. The van der Waals surface area contributed by atoms with Crippen LogP contribution in [0.15, 0.2) is 78.9 Å². The van der Waals surface area contributed by atoms with Crippen LogP contribution in [0.1, 0.15) is 15.9 Å². The number of rotatable bonds is 6. The number of pyridine rings is 1. The van der Waals surface area contributed by atoms with Crippen LogP contribution in [0.25, 0.3) is 10.9 Å². The van der Waals surface area contributed by atoms with Crippen molar-refractivity contribution in [3.8, 4) is 11.5 Å². The fourth-order valence-corrected chi connectivity index (χ4v) is 4.01. The zero-order valence-electron chi connectivity index (χ0n) is 19.2. The summed E-state index contributed by atoms with van der Waals surface area (Å²) in [7, 11) is 1.64. The summed E-state index contributed by atoms with van der Waals surface area (Å²) in [6.45, 7) is 0.601. The van der Waals surface area contributed by atoms with E-state index in [1.807, 2.05) is 48.5 Å². The molecular formula is C27H24N4O4. The number of amides is 2. The van der Waals surface area contributed by atoms with Gasteiger partial charge in [0.1, 0.15) is 17.3 Å². The molecule has 1 aliphatic rings. The van der Waals surface area contributed by atoms with Gasteiger partial charge in [-0.15, -0.1) is 0 Å². The number of methoxy groups -OCH3 is 1. The molecule has 2 N–H and O–H groups in total. The number of hydrogen-bond acceptors (Lipinski definition) is 6. The molecule has 1 aromatic heterocycles. The molecule has 0 radical (unpaired) electrons. The van der Waals surface area contributed by atoms with Crippen molar-refractivity contribution in [2.75, 3.05) is 25.2 Å². The van der Waals surface area contributed by atoms with Crippen LogP contribution in [0.4, 0.5) is 11.5 Å². The highest BCUT2D eigenvalue weighted by atomic mass is 16.5. The molecule has 176 valence electrons. The molecule has 5 rings (SSSR count). The van der Waals surface area contributed by atoms with Crippen molar-refractivity contribution in [3.63, 3.8) is 0 Å². The van der Waals surface area contributed by atoms with E-state index in [1.54, 1.807) is 31.4 Å². The minimum atomic E-state index is -0.456. The molecule has 8 nitrogen and oxygen atoms in total. The number of hydrazine groups is 1. The summed E-state index contributed by atoms with van der Waals surface area (Å²) in [5.74, 6) is 1.39. The summed E-state index contributed by atoms with van der Waals surface area (Å²) in [6.07, 6.45) is 0.892. The topological polar surface area (TPSA) is 92.8 Å². The van der Waals surface area contributed by atoms with E-state index in [4.69, 9.17) is 14.5 Å². The minimum absolute atomic E-state index is 0.203. The van der Waals surface area contributed by atoms with Crippen LogP contribution in [0.5, 0.6) is 11.5 Å². The lowest BCUT2D eigenvalue weighted by Gasteiger charge is -2.19. The number of hydrogen-bond donors (Lipinski definition) is 2. The fourth-order valence-electron chi connectivity index (χ4n) is 4.01. The monoisotopic (exact) mass is 468 g/mol. The normalized spacial score (nSPS) is 12.2. The molecule has 0 spiro atoms. The van der Waals surface area contributed by atoms with Crippen LogP contribution in [0.3, 0.4) is 0 Å². The Morgan fingerprint density at radius 2 is 1.74 bits per heavy atom. The van der Waals surface area contributed by atoms with Crippen molar-refractivity contribution in [1.29, 1.82) is 0 Å². The third-order valence-electron chi connectivity index (χ3n) is 5.81. The first-order chi connectivity index (χ1) is 17.1. The number of carbonyl (C=O) groups excluding carboxylic acids is 2. The number of nitrogens with one attached hydrogen (secondary N) is 2. The maximum absolute atomic E-state index is 12.5. The van der Waals surface area contributed by atoms with Gasteiger partial charge in [-0.2, -0.15) is 0 Å². The molecule has 0 bridgehead atoms. The van der Waals surface area contributed by atoms with Gasteiger partial charge in [0.25, 0.3) is 11.8 Å². The largest absolute Gasteiger partial charge is 0.497 e. The standard InChI is InChI=1S/C27H24N4O4/c1-34-23-12-9-19-15-20-13-14-31(26(20)28-24(19)16-23)21-10-7-18(8-11-21)27(33)30-29-25(32)17-35-22-5-3-2-4-6-22/h2-12,15-16H,13-14,17H2,1H3,(H,29,32)(H,30,33). The number of fused-ring (bicyclic) bond motifs is 2. The second-order valence-corrected chi connectivity index (χ2v) is 8.08. The third-order valence-corrected chi connectivity index (χ3v) is 5.81. The third kappa shape index (κ3) is 4.86. The van der Waals surface area contributed by atoms with Gasteiger partial charge < -0.3 is 14.4 Å². The van der Waals surface area contributed by atoms with Gasteiger partial charge in [-0.3, -0.25) is 20.4 Å². The Bertz CT molecular complexity index is 1370. The van der Waals surface area contributed by atoms with Crippen LogP contribution >= 0.6 is 0 Å². The summed E-state index contributed by atoms with van der Waals surface area (Å²) in [6, 6.07) is 24.2. The van der Waals surface area contributed by atoms with Gasteiger partial charge >= 0.3 is 0 Å². The van der Waals surface area contributed by atoms with Crippen LogP contribution in [0, 0.1) is 0 Å². The molecule has 8 heteroatoms. The van der Waals surface area contributed by atoms with Gasteiger partial charge in [-0.25, -0.2) is 4.98 Å². The second kappa shape index (κ2) is 9.72. The van der Waals surface area contributed by atoms with Crippen molar-refractivity contribution in [2.24, 2.45) is 0 Å². The van der Waals surface area contributed by atoms with E-state index >= 15 is 0 Å². The number of benzene rings is 3. The highest BCUT2D eigenvalue weighted by Gasteiger charge is 2.23. The first kappa shape index (κ1) is 22.2. The van der Waals surface area contributed by atoms with E-state index < -0.39 is 11.8 Å². The number of anilines is 2. The van der Waals surface area contributed by atoms with Crippen LogP contribution in [-0.2, 0) is 11.2 Å². The van der Waals surface area contributed by atoms with Crippen molar-refractivity contribution in [2.45, 2.75) is 6.42 Å². The van der Waals surface area contributed by atoms with Crippen LogP contribution in [-0.4, -0.2) is 37.1 Å². The van der Waals surface area contributed by atoms with E-state index in [0.29, 0.717) is 11.3 Å². The first-order valence-electron chi connectivity index (χ1n) is 11.2. The first-order valence-corrected chi connectivity index (χ1v) is 11.2. The van der Waals surface area contributed by atoms with Crippen LogP contribution < -0.4 is 25.2 Å². The average molecular weight is 469 g/mol. The maximum atomic E-state index is 12.5. The summed E-state index contributed by atoms with van der Waals surface area (Å²) in [5.41, 5.74) is 8.20. The second-order valence-electron chi connectivity index (χ2n) is 8.08. The molecule has 0 unspecified atom stereocenters. The Kier molecular flexibility index (Phi) is 6.17. The minimum Gasteiger partial charge on any atom is -0.497 e. The summed E-state index contributed by atoms with van der Waals surface area (Å²) in [5, 5.41) is 1.08. The lowest BCUT2D eigenvalue weighted by Crippen LogP contribution is -2.43. The van der Waals surface area contributed by atoms with Gasteiger partial charge in [0, 0.05) is 29.2 Å². The average Bonchev–Trinajstić information content (AvgIpc) is 3.32. The van der Waals surface area contributed by atoms with Gasteiger partial charge in [0.2, 0.25) is 0 Å². The van der Waals surface area contributed by atoms with Crippen LogP contribution in [0.2, 0.25) is 0 Å². The van der Waals surface area contributed by atoms with Gasteiger partial charge in [-0.1, -0.05) is 18.2 Å². The lowest BCUT2D eigenvalue weighted by atomic mass is 10.1. The predicted octanol–water partition coefficient (Wildman–Crippen LogP) is 3.78. The van der Waals surface area contributed by atoms with Crippen molar-refractivity contribution < 1.29 is 19.1 Å². The van der Waals surface area contributed by atoms with Crippen molar-refractivity contribution >= 4 is 34.2 Å². The number of para-hydroxylation sites is 1. The molecule has 35 heavy (non-hydrogen) atoms. The van der Waals surface area contributed by atoms with E-state index in [-0.39, 0.29) is 6.61 Å². The Labute approximate surface area is 202 Å². The van der Waals surface area contributed by atoms with E-state index in [2.05, 4.69) is 21.8 Å². The quantitative estimate of drug-likeness (QED) is 0.419. The maximum Gasteiger partial charge on any atom is 0.276 e. The van der Waals surface area contributed by atoms with Crippen molar-refractivity contribution in [3.05, 3.63) is 90.0 Å². The Hall–Kier alpha value is -4.59. The summed E-state index contributed by atoms with van der Waals surface area (Å²) < 4.78 is 10.7. The van der Waals surface area contributed by atoms with Gasteiger partial charge in [0.05, 0.1) is 12.6 Å². The zero-order valence-corrected chi connectivity index (χ0v) is 19.2. The highest BCUT2D eigenvalue weighted by Crippen LogP contribution is 2.35. The van der Waals surface area contributed by atoms with E-state index in [9.17, 15) is 9.59 Å². The van der Waals surface area contributed by atoms with Gasteiger partial charge in [-0.05, 0) is 66.6 Å². The predicted molar refractivity (Wildman–Crippen MR) is 133 cm³/mol. The molecule has 2 heterocycles. The molecule has 0 aliphatic carbocycles. The fraction of sp³-hybridized carbons (Fsp3) is 0.148. The molecule has 1 aliphatic heterocycles.